The van der Waals surface area contributed by atoms with E-state index in [-0.39, 0.29) is 10.8 Å². The van der Waals surface area contributed by atoms with E-state index in [1.165, 1.54) is 23.5 Å². The van der Waals surface area contributed by atoms with Gasteiger partial charge in [0.15, 0.2) is 0 Å². The Morgan fingerprint density at radius 2 is 1.88 bits per heavy atom. The largest absolute Gasteiger partial charge is 0.340 e. The number of hydrogen-bond acceptors (Lipinski definition) is 5. The third-order valence-corrected chi connectivity index (χ3v) is 6.41. The Balaban J connectivity index is 1.70. The highest BCUT2D eigenvalue weighted by Gasteiger charge is 2.19. The highest BCUT2D eigenvalue weighted by atomic mass is 32.2. The number of benzene rings is 1. The number of amides is 1. The molecule has 0 spiro atoms. The maximum absolute atomic E-state index is 14.3. The Morgan fingerprint density at radius 3 is 2.46 bits per heavy atom. The second-order valence-corrected chi connectivity index (χ2v) is 8.96. The molecule has 6 nitrogen and oxygen atoms in total. The van der Waals surface area contributed by atoms with Gasteiger partial charge in [0.25, 0.3) is 0 Å². The monoisotopic (exact) mass is 397 g/mol. The van der Waals surface area contributed by atoms with Crippen molar-refractivity contribution in [1.29, 1.82) is 0 Å². The molecular formula is C17H20FN3O3S2. The zero-order chi connectivity index (χ0) is 18.9. The van der Waals surface area contributed by atoms with E-state index in [4.69, 9.17) is 5.14 Å². The van der Waals surface area contributed by atoms with Crippen LogP contribution in [-0.2, 0) is 21.4 Å². The maximum Gasteiger partial charge on any atom is 0.238 e. The van der Waals surface area contributed by atoms with Gasteiger partial charge in [0.1, 0.15) is 5.82 Å². The lowest BCUT2D eigenvalue weighted by Crippen LogP contribution is -2.47. The van der Waals surface area contributed by atoms with Gasteiger partial charge in [-0.2, -0.15) is 0 Å². The fourth-order valence-electron chi connectivity index (χ4n) is 2.92. The number of nitrogens with zero attached hydrogens (tertiary/aromatic N) is 2. The predicted octanol–water partition coefficient (Wildman–Crippen LogP) is 1.87. The Labute approximate surface area is 156 Å². The van der Waals surface area contributed by atoms with E-state index in [9.17, 15) is 17.6 Å². The first kappa shape index (κ1) is 19.0. The number of thiophene rings is 1. The van der Waals surface area contributed by atoms with Crippen molar-refractivity contribution in [2.45, 2.75) is 18.4 Å². The predicted molar refractivity (Wildman–Crippen MR) is 98.6 cm³/mol. The van der Waals surface area contributed by atoms with Crippen molar-refractivity contribution < 1.29 is 17.6 Å². The van der Waals surface area contributed by atoms with Gasteiger partial charge in [0.05, 0.1) is 4.90 Å². The average molecular weight is 397 g/mol. The highest BCUT2D eigenvalue weighted by Crippen LogP contribution is 2.32. The summed E-state index contributed by atoms with van der Waals surface area (Å²) in [5, 5.41) is 5.03. The summed E-state index contributed by atoms with van der Waals surface area (Å²) >= 11 is 1.47. The van der Waals surface area contributed by atoms with Crippen LogP contribution >= 0.6 is 11.3 Å². The molecule has 1 saturated heterocycles. The molecule has 2 heterocycles. The topological polar surface area (TPSA) is 83.7 Å². The van der Waals surface area contributed by atoms with E-state index < -0.39 is 15.8 Å². The van der Waals surface area contributed by atoms with Crippen LogP contribution in [0.5, 0.6) is 0 Å². The van der Waals surface area contributed by atoms with Crippen molar-refractivity contribution in [3.8, 4) is 10.4 Å². The van der Waals surface area contributed by atoms with Crippen molar-refractivity contribution in [2.24, 2.45) is 5.14 Å². The normalized spacial score (nSPS) is 16.0. The SMILES string of the molecule is CC(=O)N1CCN(Cc2ccc(-c3ccc(S(N)(=O)=O)cc3F)s2)CC1. The minimum Gasteiger partial charge on any atom is -0.340 e. The number of carbonyl (C=O) groups is 1. The molecule has 0 bridgehead atoms. The van der Waals surface area contributed by atoms with Crippen LogP contribution in [0, 0.1) is 5.82 Å². The van der Waals surface area contributed by atoms with Crippen LogP contribution < -0.4 is 5.14 Å². The minimum atomic E-state index is -3.92. The van der Waals surface area contributed by atoms with Gasteiger partial charge < -0.3 is 4.90 Å². The van der Waals surface area contributed by atoms with Crippen LogP contribution in [0.2, 0.25) is 0 Å². The summed E-state index contributed by atoms with van der Waals surface area (Å²) in [6, 6.07) is 7.49. The molecule has 1 aliphatic heterocycles. The standard InChI is InChI=1S/C17H20FN3O3S2/c1-12(22)21-8-6-20(7-9-21)11-13-2-5-17(25-13)15-4-3-14(10-16(15)18)26(19,23)24/h2-5,10H,6-9,11H2,1H3,(H2,19,23,24). The smallest absolute Gasteiger partial charge is 0.238 e. The van der Waals surface area contributed by atoms with Crippen LogP contribution in [0.15, 0.2) is 35.2 Å². The summed E-state index contributed by atoms with van der Waals surface area (Å²) in [4.78, 5) is 17.1. The molecule has 2 aromatic rings. The second kappa shape index (κ2) is 7.43. The molecule has 1 aromatic carbocycles. The first-order valence-corrected chi connectivity index (χ1v) is 10.5. The van der Waals surface area contributed by atoms with Crippen LogP contribution in [0.3, 0.4) is 0 Å². The minimum absolute atomic E-state index is 0.0986. The fourth-order valence-corrected chi connectivity index (χ4v) is 4.52. The van der Waals surface area contributed by atoms with Gasteiger partial charge in [-0.15, -0.1) is 11.3 Å². The number of hydrogen-bond donors (Lipinski definition) is 1. The lowest BCUT2D eigenvalue weighted by Gasteiger charge is -2.33. The van der Waals surface area contributed by atoms with Gasteiger partial charge in [-0.3, -0.25) is 9.69 Å². The van der Waals surface area contributed by atoms with Gasteiger partial charge in [-0.05, 0) is 30.3 Å². The Kier molecular flexibility index (Phi) is 5.42. The molecule has 140 valence electrons. The zero-order valence-electron chi connectivity index (χ0n) is 14.3. The Bertz CT molecular complexity index is 919. The number of halogens is 1. The lowest BCUT2D eigenvalue weighted by molar-refractivity contribution is -0.130. The Hall–Kier alpha value is -1.81. The molecule has 0 unspecified atom stereocenters. The van der Waals surface area contributed by atoms with Crippen molar-refractivity contribution in [3.05, 3.63) is 41.0 Å². The fraction of sp³-hybridized carbons (Fsp3) is 0.353. The molecule has 1 fully saturated rings. The molecule has 1 aliphatic rings. The quantitative estimate of drug-likeness (QED) is 0.854. The van der Waals surface area contributed by atoms with E-state index in [0.29, 0.717) is 5.56 Å². The van der Waals surface area contributed by atoms with Crippen LogP contribution in [-0.4, -0.2) is 50.3 Å². The van der Waals surface area contributed by atoms with Gasteiger partial charge in [0, 0.05) is 55.0 Å². The molecule has 9 heteroatoms. The van der Waals surface area contributed by atoms with Crippen LogP contribution in [0.25, 0.3) is 10.4 Å². The first-order chi connectivity index (χ1) is 12.2. The first-order valence-electron chi connectivity index (χ1n) is 8.13. The number of primary sulfonamides is 1. The zero-order valence-corrected chi connectivity index (χ0v) is 15.9. The molecule has 1 amide bonds. The number of nitrogens with two attached hydrogens (primary N) is 1. The van der Waals surface area contributed by atoms with Gasteiger partial charge in [-0.1, -0.05) is 0 Å². The van der Waals surface area contributed by atoms with Crippen molar-refractivity contribution in [2.75, 3.05) is 26.2 Å². The van der Waals surface area contributed by atoms with E-state index in [1.54, 1.807) is 6.92 Å². The summed E-state index contributed by atoms with van der Waals surface area (Å²) in [6.07, 6.45) is 0. The average Bonchev–Trinajstić information content (AvgIpc) is 3.02. The number of piperazine rings is 1. The summed E-state index contributed by atoms with van der Waals surface area (Å²) in [7, 11) is -3.92. The van der Waals surface area contributed by atoms with Gasteiger partial charge in [0.2, 0.25) is 15.9 Å². The number of rotatable bonds is 4. The summed E-state index contributed by atoms with van der Waals surface area (Å²) in [6.45, 7) is 5.38. The molecule has 0 radical (unpaired) electrons. The molecule has 0 atom stereocenters. The van der Waals surface area contributed by atoms with Gasteiger partial charge in [-0.25, -0.2) is 17.9 Å². The molecule has 26 heavy (non-hydrogen) atoms. The molecular weight excluding hydrogens is 377 g/mol. The van der Waals surface area contributed by atoms with Crippen molar-refractivity contribution in [3.63, 3.8) is 0 Å². The number of carbonyl (C=O) groups excluding carboxylic acids is 1. The molecule has 3 rings (SSSR count). The van der Waals surface area contributed by atoms with E-state index in [2.05, 4.69) is 4.90 Å². The van der Waals surface area contributed by atoms with E-state index >= 15 is 0 Å². The summed E-state index contributed by atoms with van der Waals surface area (Å²) in [5.41, 5.74) is 0.357. The lowest BCUT2D eigenvalue weighted by atomic mass is 10.2. The third-order valence-electron chi connectivity index (χ3n) is 4.39. The maximum atomic E-state index is 14.3. The highest BCUT2D eigenvalue weighted by molar-refractivity contribution is 7.89. The molecule has 1 aromatic heterocycles. The molecule has 0 saturated carbocycles. The van der Waals surface area contributed by atoms with Crippen LogP contribution in [0.4, 0.5) is 4.39 Å². The second-order valence-electron chi connectivity index (χ2n) is 6.23. The van der Waals surface area contributed by atoms with Crippen molar-refractivity contribution in [1.82, 2.24) is 9.80 Å². The summed E-state index contributed by atoms with van der Waals surface area (Å²) in [5.74, 6) is -0.513. The van der Waals surface area contributed by atoms with E-state index in [0.717, 1.165) is 48.5 Å². The third kappa shape index (κ3) is 4.29. The molecule has 0 aliphatic carbocycles. The van der Waals surface area contributed by atoms with Crippen LogP contribution in [0.1, 0.15) is 11.8 Å². The van der Waals surface area contributed by atoms with E-state index in [1.807, 2.05) is 17.0 Å². The number of sulfonamides is 1. The molecule has 2 N–H and O–H groups in total. The Morgan fingerprint density at radius 1 is 1.19 bits per heavy atom. The van der Waals surface area contributed by atoms with Crippen molar-refractivity contribution >= 4 is 27.3 Å². The van der Waals surface area contributed by atoms with Gasteiger partial charge >= 0.3 is 0 Å². The summed E-state index contributed by atoms with van der Waals surface area (Å²) < 4.78 is 36.9.